The van der Waals surface area contributed by atoms with Crippen LogP contribution in [0.5, 0.6) is 0 Å². The molecule has 178 valence electrons. The number of nitrogens with zero attached hydrogens (tertiary/aromatic N) is 3. The SMILES string of the molecule is COCCN(C1=COC(c2cccc(Cl)c2)O1)c1ccnc(Nc2ccc(S(N)(=O)=O)cc2)n1. The molecule has 0 radical (unpaired) electrons. The van der Waals surface area contributed by atoms with E-state index in [0.29, 0.717) is 41.5 Å². The number of aromatic nitrogens is 2. The fourth-order valence-corrected chi connectivity index (χ4v) is 3.86. The zero-order valence-corrected chi connectivity index (χ0v) is 19.7. The van der Waals surface area contributed by atoms with Gasteiger partial charge in [-0.3, -0.25) is 4.90 Å². The van der Waals surface area contributed by atoms with Gasteiger partial charge < -0.3 is 19.5 Å². The summed E-state index contributed by atoms with van der Waals surface area (Å²) in [6, 6.07) is 14.9. The van der Waals surface area contributed by atoms with E-state index in [9.17, 15) is 8.42 Å². The van der Waals surface area contributed by atoms with E-state index in [-0.39, 0.29) is 4.90 Å². The number of rotatable bonds is 9. The van der Waals surface area contributed by atoms with Crippen LogP contribution in [0.3, 0.4) is 0 Å². The summed E-state index contributed by atoms with van der Waals surface area (Å²) in [6.45, 7) is 0.845. The summed E-state index contributed by atoms with van der Waals surface area (Å²) in [6.07, 6.45) is 2.46. The predicted molar refractivity (Wildman–Crippen MR) is 127 cm³/mol. The Morgan fingerprint density at radius 1 is 1.21 bits per heavy atom. The topological polar surface area (TPSA) is 129 Å². The van der Waals surface area contributed by atoms with Gasteiger partial charge in [0.1, 0.15) is 12.1 Å². The quantitative estimate of drug-likeness (QED) is 0.450. The van der Waals surface area contributed by atoms with E-state index in [2.05, 4.69) is 15.3 Å². The van der Waals surface area contributed by atoms with Crippen LogP contribution in [0.4, 0.5) is 17.5 Å². The summed E-state index contributed by atoms with van der Waals surface area (Å²) in [5.74, 6) is 1.29. The van der Waals surface area contributed by atoms with E-state index in [1.54, 1.807) is 48.5 Å². The number of nitrogens with two attached hydrogens (primary N) is 1. The van der Waals surface area contributed by atoms with E-state index in [1.165, 1.54) is 18.4 Å². The molecule has 0 spiro atoms. The first-order valence-electron chi connectivity index (χ1n) is 10.1. The van der Waals surface area contributed by atoms with Crippen molar-refractivity contribution in [1.82, 2.24) is 9.97 Å². The van der Waals surface area contributed by atoms with Crippen LogP contribution < -0.4 is 15.4 Å². The van der Waals surface area contributed by atoms with Crippen molar-refractivity contribution in [2.24, 2.45) is 5.14 Å². The molecule has 0 saturated carbocycles. The molecule has 12 heteroatoms. The number of anilines is 3. The molecule has 1 aliphatic rings. The molecule has 2 heterocycles. The van der Waals surface area contributed by atoms with Crippen molar-refractivity contribution in [1.29, 1.82) is 0 Å². The number of halogens is 1. The number of hydrogen-bond acceptors (Lipinski definition) is 9. The molecule has 0 bridgehead atoms. The molecule has 0 saturated heterocycles. The highest BCUT2D eigenvalue weighted by Crippen LogP contribution is 2.33. The van der Waals surface area contributed by atoms with Crippen LogP contribution >= 0.6 is 11.6 Å². The smallest absolute Gasteiger partial charge is 0.268 e. The second-order valence-corrected chi connectivity index (χ2v) is 9.17. The normalized spacial score (nSPS) is 15.3. The molecule has 0 fully saturated rings. The Balaban J connectivity index is 1.52. The van der Waals surface area contributed by atoms with Crippen molar-refractivity contribution in [2.45, 2.75) is 11.2 Å². The maximum absolute atomic E-state index is 11.4. The first-order valence-corrected chi connectivity index (χ1v) is 12.0. The number of sulfonamides is 1. The summed E-state index contributed by atoms with van der Waals surface area (Å²) < 4.78 is 39.9. The van der Waals surface area contributed by atoms with Gasteiger partial charge in [-0.1, -0.05) is 23.7 Å². The first-order chi connectivity index (χ1) is 16.3. The number of primary sulfonamides is 1. The number of methoxy groups -OCH3 is 1. The van der Waals surface area contributed by atoms with Gasteiger partial charge in [0.05, 0.1) is 18.0 Å². The molecule has 2 aromatic carbocycles. The minimum Gasteiger partial charge on any atom is -0.453 e. The molecule has 1 atom stereocenters. The van der Waals surface area contributed by atoms with Crippen LogP contribution in [0.1, 0.15) is 11.9 Å². The van der Waals surface area contributed by atoms with Gasteiger partial charge in [0, 0.05) is 29.6 Å². The van der Waals surface area contributed by atoms with Gasteiger partial charge >= 0.3 is 0 Å². The van der Waals surface area contributed by atoms with Gasteiger partial charge in [0.2, 0.25) is 21.9 Å². The van der Waals surface area contributed by atoms with E-state index in [1.807, 2.05) is 12.1 Å². The largest absolute Gasteiger partial charge is 0.453 e. The minimum absolute atomic E-state index is 0.0121. The second kappa shape index (κ2) is 10.3. The molecule has 10 nitrogen and oxygen atoms in total. The van der Waals surface area contributed by atoms with Crippen molar-refractivity contribution in [3.8, 4) is 0 Å². The first kappa shape index (κ1) is 23.8. The third-order valence-electron chi connectivity index (χ3n) is 4.78. The minimum atomic E-state index is -3.77. The summed E-state index contributed by atoms with van der Waals surface area (Å²) in [5.41, 5.74) is 1.37. The highest BCUT2D eigenvalue weighted by Gasteiger charge is 2.27. The van der Waals surface area contributed by atoms with Crippen LogP contribution in [0.15, 0.2) is 77.8 Å². The van der Waals surface area contributed by atoms with E-state index in [4.69, 9.17) is 31.0 Å². The van der Waals surface area contributed by atoms with Gasteiger partial charge in [-0.15, -0.1) is 0 Å². The average Bonchev–Trinajstić information content (AvgIpc) is 3.29. The Morgan fingerprint density at radius 2 is 2.00 bits per heavy atom. The summed E-state index contributed by atoms with van der Waals surface area (Å²) >= 11 is 6.09. The summed E-state index contributed by atoms with van der Waals surface area (Å²) in [5, 5.41) is 8.77. The highest BCUT2D eigenvalue weighted by atomic mass is 35.5. The lowest BCUT2D eigenvalue weighted by atomic mass is 10.2. The summed E-state index contributed by atoms with van der Waals surface area (Å²) in [7, 11) is -2.17. The zero-order valence-electron chi connectivity index (χ0n) is 18.1. The molecule has 3 aromatic rings. The Labute approximate surface area is 202 Å². The predicted octanol–water partition coefficient (Wildman–Crippen LogP) is 3.52. The molecule has 34 heavy (non-hydrogen) atoms. The lowest BCUT2D eigenvalue weighted by molar-refractivity contribution is -0.0353. The van der Waals surface area contributed by atoms with Crippen LogP contribution in [-0.4, -0.2) is 38.6 Å². The molecule has 3 N–H and O–H groups in total. The average molecular weight is 504 g/mol. The van der Waals surface area contributed by atoms with Gasteiger partial charge in [0.25, 0.3) is 6.29 Å². The third kappa shape index (κ3) is 5.75. The van der Waals surface area contributed by atoms with Crippen molar-refractivity contribution in [3.05, 3.63) is 83.5 Å². The van der Waals surface area contributed by atoms with Crippen LogP contribution in [0, 0.1) is 0 Å². The zero-order chi connectivity index (χ0) is 24.1. The lowest BCUT2D eigenvalue weighted by Gasteiger charge is -2.24. The number of ether oxygens (including phenoxy) is 3. The van der Waals surface area contributed by atoms with Gasteiger partial charge in [-0.2, -0.15) is 4.98 Å². The lowest BCUT2D eigenvalue weighted by Crippen LogP contribution is -2.28. The third-order valence-corrected chi connectivity index (χ3v) is 5.95. The monoisotopic (exact) mass is 503 g/mol. The van der Waals surface area contributed by atoms with Crippen molar-refractivity contribution in [3.63, 3.8) is 0 Å². The van der Waals surface area contributed by atoms with Crippen LogP contribution in [0.25, 0.3) is 0 Å². The maximum atomic E-state index is 11.4. The molecular formula is C22H22ClN5O5S. The van der Waals surface area contributed by atoms with E-state index in [0.717, 1.165) is 5.56 Å². The van der Waals surface area contributed by atoms with Crippen molar-refractivity contribution in [2.75, 3.05) is 30.5 Å². The van der Waals surface area contributed by atoms with Crippen LogP contribution in [0.2, 0.25) is 5.02 Å². The molecule has 4 rings (SSSR count). The number of nitrogens with one attached hydrogen (secondary N) is 1. The van der Waals surface area contributed by atoms with Gasteiger partial charge in [-0.25, -0.2) is 18.5 Å². The summed E-state index contributed by atoms with van der Waals surface area (Å²) in [4.78, 5) is 10.6. The van der Waals surface area contributed by atoms with Crippen molar-refractivity contribution < 1.29 is 22.6 Å². The molecule has 1 unspecified atom stereocenters. The standard InChI is InChI=1S/C22H22ClN5O5S/c1-31-12-11-28(20-14-32-21(33-20)15-3-2-4-16(23)13-15)19-9-10-25-22(27-19)26-17-5-7-18(8-6-17)34(24,29)30/h2-10,13-14,21H,11-12H2,1H3,(H2,24,29,30)(H,25,26,27). The number of benzene rings is 2. The Bertz CT molecular complexity index is 1290. The van der Waals surface area contributed by atoms with E-state index < -0.39 is 16.3 Å². The van der Waals surface area contributed by atoms with Crippen molar-refractivity contribution >= 4 is 39.1 Å². The van der Waals surface area contributed by atoms with E-state index >= 15 is 0 Å². The fraction of sp³-hybridized carbons (Fsp3) is 0.182. The number of hydrogen-bond donors (Lipinski definition) is 2. The molecule has 1 aliphatic heterocycles. The Hall–Kier alpha value is -3.38. The highest BCUT2D eigenvalue weighted by molar-refractivity contribution is 7.89. The van der Waals surface area contributed by atoms with Gasteiger partial charge in [0.15, 0.2) is 0 Å². The Kier molecular flexibility index (Phi) is 7.17. The van der Waals surface area contributed by atoms with Gasteiger partial charge in [-0.05, 0) is 42.5 Å². The maximum Gasteiger partial charge on any atom is 0.268 e. The molecule has 0 aliphatic carbocycles. The van der Waals surface area contributed by atoms with Crippen LogP contribution in [-0.2, 0) is 24.2 Å². The molecule has 0 amide bonds. The molecule has 1 aromatic heterocycles. The fourth-order valence-electron chi connectivity index (χ4n) is 3.15. The second-order valence-electron chi connectivity index (χ2n) is 7.17. The molecular weight excluding hydrogens is 482 g/mol. The Morgan fingerprint density at radius 3 is 2.71 bits per heavy atom.